The Morgan fingerprint density at radius 1 is 1.30 bits per heavy atom. The summed E-state index contributed by atoms with van der Waals surface area (Å²) in [4.78, 5) is 32.2. The molecule has 0 unspecified atom stereocenters. The number of carbonyl (C=O) groups is 2. The second-order valence-electron chi connectivity index (χ2n) is 8.07. The highest BCUT2D eigenvalue weighted by molar-refractivity contribution is 7.90. The molecule has 2 aliphatic rings. The second-order valence-corrected chi connectivity index (χ2v) is 10.9. The summed E-state index contributed by atoms with van der Waals surface area (Å²) in [7, 11) is -3.48. The number of nitrogens with one attached hydrogen (secondary N) is 1. The first-order valence-corrected chi connectivity index (χ1v) is 12.9. The van der Waals surface area contributed by atoms with E-state index >= 15 is 0 Å². The van der Waals surface area contributed by atoms with Crippen molar-refractivity contribution in [2.24, 2.45) is 5.92 Å². The molecule has 30 heavy (non-hydrogen) atoms. The number of sulfone groups is 1. The number of thiazole rings is 1. The van der Waals surface area contributed by atoms with Gasteiger partial charge in [0.2, 0.25) is 5.91 Å². The van der Waals surface area contributed by atoms with Gasteiger partial charge in [-0.05, 0) is 24.5 Å². The highest BCUT2D eigenvalue weighted by atomic mass is 32.2. The van der Waals surface area contributed by atoms with Crippen LogP contribution in [0.1, 0.15) is 54.4 Å². The third-order valence-electron chi connectivity index (χ3n) is 5.97. The van der Waals surface area contributed by atoms with Gasteiger partial charge in [0, 0.05) is 35.5 Å². The molecule has 1 aromatic heterocycles. The van der Waals surface area contributed by atoms with Gasteiger partial charge >= 0.3 is 0 Å². The molecule has 1 fully saturated rings. The van der Waals surface area contributed by atoms with Crippen LogP contribution in [-0.2, 0) is 21.2 Å². The first-order chi connectivity index (χ1) is 14.3. The fourth-order valence-electron chi connectivity index (χ4n) is 4.51. The molecule has 7 nitrogen and oxygen atoms in total. The topological polar surface area (TPSA) is 96.4 Å². The summed E-state index contributed by atoms with van der Waals surface area (Å²) < 4.78 is 24.4. The van der Waals surface area contributed by atoms with E-state index in [1.807, 2.05) is 0 Å². The molecule has 0 radical (unpaired) electrons. The number of carbonyl (C=O) groups excluding carboxylic acids is 2. The first kappa shape index (κ1) is 21.0. The van der Waals surface area contributed by atoms with Crippen LogP contribution in [0, 0.1) is 5.92 Å². The number of benzene rings is 1. The Morgan fingerprint density at radius 2 is 2.07 bits per heavy atom. The van der Waals surface area contributed by atoms with E-state index in [1.54, 1.807) is 23.7 Å². The van der Waals surface area contributed by atoms with Crippen molar-refractivity contribution < 1.29 is 18.0 Å². The molecule has 4 rings (SSSR count). The number of nitrogens with zero attached hydrogens (tertiary/aromatic N) is 2. The fraction of sp³-hybridized carbons (Fsp3) is 0.476. The van der Waals surface area contributed by atoms with Crippen LogP contribution in [-0.4, -0.2) is 42.4 Å². The Hall–Kier alpha value is -2.26. The molecular weight excluding hydrogens is 422 g/mol. The minimum atomic E-state index is -3.48. The van der Waals surface area contributed by atoms with Gasteiger partial charge in [0.05, 0.1) is 4.90 Å². The second kappa shape index (κ2) is 8.47. The minimum Gasteiger partial charge on any atom is -0.322 e. The number of hydrogen-bond acceptors (Lipinski definition) is 6. The molecule has 0 saturated heterocycles. The monoisotopic (exact) mass is 447 g/mol. The van der Waals surface area contributed by atoms with Crippen molar-refractivity contribution in [1.29, 1.82) is 0 Å². The van der Waals surface area contributed by atoms with Gasteiger partial charge in [0.15, 0.2) is 15.0 Å². The molecule has 2 amide bonds. The summed E-state index contributed by atoms with van der Waals surface area (Å²) in [5.41, 5.74) is 0.856. The zero-order chi connectivity index (χ0) is 21.3. The predicted octanol–water partition coefficient (Wildman–Crippen LogP) is 3.48. The van der Waals surface area contributed by atoms with Gasteiger partial charge in [0.1, 0.15) is 6.04 Å². The number of amides is 2. The van der Waals surface area contributed by atoms with Gasteiger partial charge in [-0.25, -0.2) is 13.4 Å². The first-order valence-electron chi connectivity index (χ1n) is 10.2. The summed E-state index contributed by atoms with van der Waals surface area (Å²) in [5, 5.41) is 5.11. The number of fused-ring (bicyclic) bond motifs is 1. The lowest BCUT2D eigenvalue weighted by atomic mass is 9.84. The SMILES string of the molecule is CS(=O)(=O)c1cccc2c1CN([C@@H](CC1CCCCC1)C(=O)Nc1nccs1)C2=O. The summed E-state index contributed by atoms with van der Waals surface area (Å²) >= 11 is 1.33. The lowest BCUT2D eigenvalue weighted by molar-refractivity contribution is -0.121. The summed E-state index contributed by atoms with van der Waals surface area (Å²) in [6, 6.07) is 4.09. The van der Waals surface area contributed by atoms with Gasteiger partial charge in [0.25, 0.3) is 5.91 Å². The van der Waals surface area contributed by atoms with E-state index in [-0.39, 0.29) is 23.3 Å². The average Bonchev–Trinajstić information content (AvgIpc) is 3.34. The van der Waals surface area contributed by atoms with Crippen molar-refractivity contribution in [3.05, 3.63) is 40.9 Å². The van der Waals surface area contributed by atoms with Crippen LogP contribution in [0.25, 0.3) is 0 Å². The summed E-state index contributed by atoms with van der Waals surface area (Å²) in [6.07, 6.45) is 8.91. The van der Waals surface area contributed by atoms with Crippen molar-refractivity contribution in [3.8, 4) is 0 Å². The Kier molecular flexibility index (Phi) is 5.92. The Morgan fingerprint density at radius 3 is 2.73 bits per heavy atom. The van der Waals surface area contributed by atoms with Crippen LogP contribution < -0.4 is 5.32 Å². The Bertz CT molecular complexity index is 1040. The molecule has 2 aromatic rings. The highest BCUT2D eigenvalue weighted by Gasteiger charge is 2.39. The molecule has 1 N–H and O–H groups in total. The van der Waals surface area contributed by atoms with Crippen molar-refractivity contribution >= 4 is 38.1 Å². The van der Waals surface area contributed by atoms with Crippen molar-refractivity contribution in [2.45, 2.75) is 56.0 Å². The van der Waals surface area contributed by atoms with E-state index in [9.17, 15) is 18.0 Å². The van der Waals surface area contributed by atoms with E-state index < -0.39 is 15.9 Å². The van der Waals surface area contributed by atoms with E-state index in [4.69, 9.17) is 0 Å². The molecule has 0 spiro atoms. The van der Waals surface area contributed by atoms with Crippen molar-refractivity contribution in [1.82, 2.24) is 9.88 Å². The van der Waals surface area contributed by atoms with E-state index in [0.717, 1.165) is 31.9 Å². The van der Waals surface area contributed by atoms with Crippen LogP contribution in [0.4, 0.5) is 5.13 Å². The van der Waals surface area contributed by atoms with Gasteiger partial charge in [-0.2, -0.15) is 0 Å². The molecule has 9 heteroatoms. The molecular formula is C21H25N3O4S2. The van der Waals surface area contributed by atoms with Gasteiger partial charge in [-0.3, -0.25) is 9.59 Å². The maximum absolute atomic E-state index is 13.2. The van der Waals surface area contributed by atoms with Crippen LogP contribution in [0.2, 0.25) is 0 Å². The van der Waals surface area contributed by atoms with Gasteiger partial charge < -0.3 is 10.2 Å². The van der Waals surface area contributed by atoms with Crippen LogP contribution >= 0.6 is 11.3 Å². The Labute approximate surface area is 180 Å². The molecule has 160 valence electrons. The third-order valence-corrected chi connectivity index (χ3v) is 7.84. The highest BCUT2D eigenvalue weighted by Crippen LogP contribution is 2.34. The summed E-state index contributed by atoms with van der Waals surface area (Å²) in [5.74, 6) is -0.181. The molecule has 1 aliphatic carbocycles. The predicted molar refractivity (Wildman–Crippen MR) is 115 cm³/mol. The molecule has 0 bridgehead atoms. The smallest absolute Gasteiger partial charge is 0.255 e. The van der Waals surface area contributed by atoms with Crippen molar-refractivity contribution in [3.63, 3.8) is 0 Å². The number of rotatable bonds is 6. The van der Waals surface area contributed by atoms with Gasteiger partial charge in [-0.1, -0.05) is 38.2 Å². The fourth-order valence-corrected chi connectivity index (χ4v) is 5.99. The van der Waals surface area contributed by atoms with E-state index in [2.05, 4.69) is 10.3 Å². The third kappa shape index (κ3) is 4.27. The largest absolute Gasteiger partial charge is 0.322 e. The molecule has 1 aromatic carbocycles. The number of hydrogen-bond donors (Lipinski definition) is 1. The zero-order valence-corrected chi connectivity index (χ0v) is 18.5. The Balaban J connectivity index is 1.64. The number of anilines is 1. The van der Waals surface area contributed by atoms with Crippen LogP contribution in [0.15, 0.2) is 34.7 Å². The normalized spacial score (nSPS) is 18.3. The number of aromatic nitrogens is 1. The van der Waals surface area contributed by atoms with E-state index in [0.29, 0.717) is 28.6 Å². The quantitative estimate of drug-likeness (QED) is 0.731. The molecule has 1 atom stereocenters. The lowest BCUT2D eigenvalue weighted by Crippen LogP contribution is -2.45. The van der Waals surface area contributed by atoms with E-state index in [1.165, 1.54) is 28.7 Å². The lowest BCUT2D eigenvalue weighted by Gasteiger charge is -2.31. The van der Waals surface area contributed by atoms with Crippen LogP contribution in [0.5, 0.6) is 0 Å². The van der Waals surface area contributed by atoms with Gasteiger partial charge in [-0.15, -0.1) is 11.3 Å². The molecule has 2 heterocycles. The molecule has 1 saturated carbocycles. The zero-order valence-electron chi connectivity index (χ0n) is 16.8. The van der Waals surface area contributed by atoms with Crippen LogP contribution in [0.3, 0.4) is 0 Å². The summed E-state index contributed by atoms with van der Waals surface area (Å²) in [6.45, 7) is 0.125. The van der Waals surface area contributed by atoms with Crippen molar-refractivity contribution in [2.75, 3.05) is 11.6 Å². The maximum Gasteiger partial charge on any atom is 0.255 e. The average molecular weight is 448 g/mol. The molecule has 1 aliphatic heterocycles. The minimum absolute atomic E-state index is 0.125. The maximum atomic E-state index is 13.2. The standard InChI is InChI=1S/C21H25N3O4S2/c1-30(27,28)18-9-5-8-15-16(18)13-24(20(15)26)17(12-14-6-3-2-4-7-14)19(25)23-21-22-10-11-29-21/h5,8-11,14,17H,2-4,6-7,12-13H2,1H3,(H,22,23,25)/t17-/m0/s1.